The van der Waals surface area contributed by atoms with Crippen LogP contribution in [0.1, 0.15) is 69.6 Å². The van der Waals surface area contributed by atoms with Crippen molar-refractivity contribution in [2.75, 3.05) is 18.6 Å². The van der Waals surface area contributed by atoms with Gasteiger partial charge in [-0.05, 0) is 60.7 Å². The van der Waals surface area contributed by atoms with E-state index in [-0.39, 0.29) is 29.3 Å². The molecule has 1 aliphatic rings. The van der Waals surface area contributed by atoms with Crippen LogP contribution in [0.2, 0.25) is 0 Å². The predicted molar refractivity (Wildman–Crippen MR) is 138 cm³/mol. The zero-order valence-electron chi connectivity index (χ0n) is 20.0. The number of rotatable bonds is 9. The Morgan fingerprint density at radius 2 is 1.97 bits per heavy atom. The van der Waals surface area contributed by atoms with E-state index in [4.69, 9.17) is 17.0 Å². The Balaban J connectivity index is 2.15. The minimum Gasteiger partial charge on any atom is -0.508 e. The van der Waals surface area contributed by atoms with Gasteiger partial charge in [0.05, 0.1) is 24.4 Å². The van der Waals surface area contributed by atoms with Gasteiger partial charge < -0.3 is 14.7 Å². The number of nitrogens with one attached hydrogen (secondary N) is 1. The van der Waals surface area contributed by atoms with Crippen molar-refractivity contribution in [3.8, 4) is 11.5 Å². The number of benzene rings is 2. The highest BCUT2D eigenvalue weighted by atomic mass is 32.1. The number of methoxy groups -OCH3 is 1. The Bertz CT molecular complexity index is 1080. The molecule has 0 bridgehead atoms. The van der Waals surface area contributed by atoms with Crippen molar-refractivity contribution in [2.45, 2.75) is 58.9 Å². The molecule has 33 heavy (non-hydrogen) atoms. The van der Waals surface area contributed by atoms with E-state index in [0.717, 1.165) is 35.5 Å². The normalized spacial score (nSPS) is 15.6. The number of hydrazone groups is 1. The summed E-state index contributed by atoms with van der Waals surface area (Å²) in [7, 11) is 1.67. The van der Waals surface area contributed by atoms with Crippen LogP contribution in [0, 0.1) is 4.91 Å². The van der Waals surface area contributed by atoms with Gasteiger partial charge in [0.1, 0.15) is 22.2 Å². The van der Waals surface area contributed by atoms with Crippen molar-refractivity contribution in [3.05, 3.63) is 51.9 Å². The molecule has 2 aromatic rings. The van der Waals surface area contributed by atoms with Crippen LogP contribution < -0.4 is 15.1 Å². The van der Waals surface area contributed by atoms with Gasteiger partial charge in [0, 0.05) is 24.2 Å². The van der Waals surface area contributed by atoms with Crippen LogP contribution in [0.5, 0.6) is 11.5 Å². The van der Waals surface area contributed by atoms with Crippen molar-refractivity contribution in [1.29, 1.82) is 0 Å². The fourth-order valence-electron chi connectivity index (χ4n) is 4.24. The highest BCUT2D eigenvalue weighted by molar-refractivity contribution is 7.80. The molecule has 2 aromatic carbocycles. The van der Waals surface area contributed by atoms with E-state index in [9.17, 15) is 10.0 Å². The summed E-state index contributed by atoms with van der Waals surface area (Å²) in [5.41, 5.74) is 6.89. The van der Waals surface area contributed by atoms with E-state index < -0.39 is 0 Å². The first-order valence-electron chi connectivity index (χ1n) is 11.3. The lowest BCUT2D eigenvalue weighted by molar-refractivity contribution is 0.413. The molecular formula is C25H32N4O3S. The number of anilines is 1. The first-order chi connectivity index (χ1) is 15.7. The first-order valence-corrected chi connectivity index (χ1v) is 11.7. The average Bonchev–Trinajstić information content (AvgIpc) is 3.17. The zero-order valence-corrected chi connectivity index (χ0v) is 20.9. The number of phenols is 1. The Labute approximate surface area is 200 Å². The van der Waals surface area contributed by atoms with Crippen LogP contribution in [0.3, 0.4) is 0 Å². The summed E-state index contributed by atoms with van der Waals surface area (Å²) >= 11 is 5.63. The summed E-state index contributed by atoms with van der Waals surface area (Å²) in [6, 6.07) is 9.49. The van der Waals surface area contributed by atoms with Crippen molar-refractivity contribution in [2.24, 2.45) is 10.3 Å². The third kappa shape index (κ3) is 4.85. The molecule has 8 heteroatoms. The molecule has 0 saturated heterocycles. The van der Waals surface area contributed by atoms with Gasteiger partial charge in [0.25, 0.3) is 0 Å². The van der Waals surface area contributed by atoms with Crippen molar-refractivity contribution in [1.82, 2.24) is 5.43 Å². The molecule has 0 spiro atoms. The van der Waals surface area contributed by atoms with Crippen LogP contribution >= 0.6 is 12.2 Å². The minimum atomic E-state index is -0.356. The first kappa shape index (κ1) is 24.6. The summed E-state index contributed by atoms with van der Waals surface area (Å²) in [5, 5.41) is 18.0. The lowest BCUT2D eigenvalue weighted by Crippen LogP contribution is -2.32. The van der Waals surface area contributed by atoms with Gasteiger partial charge in [-0.1, -0.05) is 39.1 Å². The number of hydrogen-bond acceptors (Lipinski definition) is 7. The van der Waals surface area contributed by atoms with E-state index in [0.29, 0.717) is 16.3 Å². The van der Waals surface area contributed by atoms with Gasteiger partial charge in [0.2, 0.25) is 0 Å². The third-order valence-electron chi connectivity index (χ3n) is 5.90. The van der Waals surface area contributed by atoms with Gasteiger partial charge in [-0.2, -0.15) is 5.10 Å². The van der Waals surface area contributed by atoms with Crippen LogP contribution in [0.4, 0.5) is 11.4 Å². The maximum atomic E-state index is 11.6. The number of aromatic hydroxyl groups is 1. The summed E-state index contributed by atoms with van der Waals surface area (Å²) < 4.78 is 5.67. The van der Waals surface area contributed by atoms with E-state index in [1.807, 2.05) is 26.0 Å². The van der Waals surface area contributed by atoms with Crippen molar-refractivity contribution >= 4 is 34.3 Å². The summed E-state index contributed by atoms with van der Waals surface area (Å²) in [6.07, 6.45) is 1.00. The molecule has 2 N–H and O–H groups in total. The van der Waals surface area contributed by atoms with E-state index in [2.05, 4.69) is 47.4 Å². The van der Waals surface area contributed by atoms with Gasteiger partial charge >= 0.3 is 0 Å². The topological polar surface area (TPSA) is 86.5 Å². The largest absolute Gasteiger partial charge is 0.508 e. The maximum absolute atomic E-state index is 11.6. The Morgan fingerprint density at radius 1 is 1.24 bits per heavy atom. The van der Waals surface area contributed by atoms with Gasteiger partial charge in [-0.15, -0.1) is 4.91 Å². The number of hydrogen-bond donors (Lipinski definition) is 2. The number of ether oxygens (including phenoxy) is 1. The standard InChI is InChI=1S/C25H32N4O3S/c1-7-10-29(15(4)5)20-11-16(8-9-22(20)32-6)23-24(26-27-25(23)33)18-12-17(14(2)3)21(30)13-19(18)28-31/h8-9,11-15,23,30H,7,10H2,1-6H3,(H,27,33). The number of nitroso groups, excluding NO2 is 1. The molecule has 3 rings (SSSR count). The Hall–Kier alpha value is -3.00. The SMILES string of the molecule is CCCN(c1cc(C2C(=S)NN=C2c2cc(C(C)C)c(O)cc2N=O)ccc1OC)C(C)C. The van der Waals surface area contributed by atoms with E-state index in [1.165, 1.54) is 6.07 Å². The maximum Gasteiger partial charge on any atom is 0.142 e. The molecule has 1 atom stereocenters. The second kappa shape index (κ2) is 10.3. The van der Waals surface area contributed by atoms with E-state index in [1.54, 1.807) is 13.2 Å². The van der Waals surface area contributed by atoms with Crippen molar-refractivity contribution in [3.63, 3.8) is 0 Å². The molecule has 176 valence electrons. The summed E-state index contributed by atoms with van der Waals surface area (Å²) in [6.45, 7) is 11.3. The molecule has 0 fully saturated rings. The molecule has 0 aliphatic carbocycles. The van der Waals surface area contributed by atoms with Gasteiger partial charge in [-0.3, -0.25) is 5.43 Å². The monoisotopic (exact) mass is 468 g/mol. The summed E-state index contributed by atoms with van der Waals surface area (Å²) in [5.74, 6) is 0.544. The molecule has 0 amide bonds. The molecule has 7 nitrogen and oxygen atoms in total. The quantitative estimate of drug-likeness (QED) is 0.348. The lowest BCUT2D eigenvalue weighted by Gasteiger charge is -2.31. The van der Waals surface area contributed by atoms with Crippen LogP contribution in [0.15, 0.2) is 40.6 Å². The second-order valence-electron chi connectivity index (χ2n) is 8.80. The Kier molecular flexibility index (Phi) is 7.68. The molecule has 1 aliphatic heterocycles. The Morgan fingerprint density at radius 3 is 2.55 bits per heavy atom. The molecule has 1 unspecified atom stereocenters. The minimum absolute atomic E-state index is 0.0490. The molecule has 0 aromatic heterocycles. The van der Waals surface area contributed by atoms with E-state index >= 15 is 0 Å². The van der Waals surface area contributed by atoms with Crippen LogP contribution in [-0.2, 0) is 0 Å². The fraction of sp³-hybridized carbons (Fsp3) is 0.440. The zero-order chi connectivity index (χ0) is 24.3. The summed E-state index contributed by atoms with van der Waals surface area (Å²) in [4.78, 5) is 14.5. The van der Waals surface area contributed by atoms with Gasteiger partial charge in [0.15, 0.2) is 0 Å². The molecule has 0 radical (unpaired) electrons. The third-order valence-corrected chi connectivity index (χ3v) is 6.22. The van der Waals surface area contributed by atoms with Crippen LogP contribution in [-0.4, -0.2) is 35.5 Å². The smallest absolute Gasteiger partial charge is 0.142 e. The fourth-order valence-corrected chi connectivity index (χ4v) is 4.53. The molecule has 1 heterocycles. The molecule has 0 saturated carbocycles. The van der Waals surface area contributed by atoms with Crippen molar-refractivity contribution < 1.29 is 9.84 Å². The number of thiocarbonyl (C=S) groups is 1. The highest BCUT2D eigenvalue weighted by Crippen LogP contribution is 2.39. The number of phenolic OH excluding ortho intramolecular Hbond substituents is 1. The highest BCUT2D eigenvalue weighted by Gasteiger charge is 2.33. The second-order valence-corrected chi connectivity index (χ2v) is 9.24. The number of nitrogens with zero attached hydrogens (tertiary/aromatic N) is 3. The molecular weight excluding hydrogens is 436 g/mol. The lowest BCUT2D eigenvalue weighted by atomic mass is 9.87. The predicted octanol–water partition coefficient (Wildman–Crippen LogP) is 5.97. The van der Waals surface area contributed by atoms with Crippen LogP contribution in [0.25, 0.3) is 0 Å². The van der Waals surface area contributed by atoms with Gasteiger partial charge in [-0.25, -0.2) is 0 Å². The average molecular weight is 469 g/mol.